The fourth-order valence-electron chi connectivity index (χ4n) is 3.18. The number of piperidine rings is 1. The summed E-state index contributed by atoms with van der Waals surface area (Å²) in [6, 6.07) is 0. The second kappa shape index (κ2) is 5.59. The van der Waals surface area contributed by atoms with Crippen molar-refractivity contribution in [1.29, 1.82) is 0 Å². The number of hydrogen-bond donors (Lipinski definition) is 2. The highest BCUT2D eigenvalue weighted by atomic mass is 32.2. The Morgan fingerprint density at radius 2 is 2.24 bits per heavy atom. The van der Waals surface area contributed by atoms with E-state index in [9.17, 15) is 9.90 Å². The zero-order valence-electron chi connectivity index (χ0n) is 10.4. The first-order valence-electron chi connectivity index (χ1n) is 6.30. The molecule has 2 N–H and O–H groups in total. The van der Waals surface area contributed by atoms with Gasteiger partial charge in [0.25, 0.3) is 0 Å². The monoisotopic (exact) mass is 258 g/mol. The number of aliphatic hydroxyl groups excluding tert-OH is 1. The van der Waals surface area contributed by atoms with Crippen molar-refractivity contribution in [3.63, 3.8) is 0 Å². The molecule has 1 spiro atoms. The molecule has 2 fully saturated rings. The van der Waals surface area contributed by atoms with Crippen molar-refractivity contribution in [3.8, 4) is 0 Å². The predicted octanol–water partition coefficient (Wildman–Crippen LogP) is 0.170. The quantitative estimate of drug-likeness (QED) is 0.758. The van der Waals surface area contributed by atoms with E-state index in [-0.39, 0.29) is 23.8 Å². The second-order valence-corrected chi connectivity index (χ2v) is 6.07. The van der Waals surface area contributed by atoms with Gasteiger partial charge in [-0.15, -0.1) is 0 Å². The normalized spacial score (nSPS) is 27.6. The number of nitrogens with zero attached hydrogens (tertiary/aromatic N) is 1. The van der Waals surface area contributed by atoms with E-state index in [2.05, 4.69) is 5.32 Å². The van der Waals surface area contributed by atoms with E-state index in [0.717, 1.165) is 39.0 Å². The summed E-state index contributed by atoms with van der Waals surface area (Å²) < 4.78 is 0. The molecule has 2 heterocycles. The van der Waals surface area contributed by atoms with Crippen molar-refractivity contribution in [2.45, 2.75) is 12.8 Å². The number of rotatable bonds is 3. The van der Waals surface area contributed by atoms with Gasteiger partial charge in [0.1, 0.15) is 0 Å². The number of nitrogens with one attached hydrogen (secondary N) is 1. The van der Waals surface area contributed by atoms with Gasteiger partial charge in [-0.05, 0) is 37.6 Å². The van der Waals surface area contributed by atoms with Gasteiger partial charge in [0, 0.05) is 25.6 Å². The largest absolute Gasteiger partial charge is 0.396 e. The summed E-state index contributed by atoms with van der Waals surface area (Å²) in [4.78, 5) is 13.9. The van der Waals surface area contributed by atoms with Crippen molar-refractivity contribution in [2.24, 2.45) is 11.3 Å². The molecule has 0 aromatic carbocycles. The average Bonchev–Trinajstić information content (AvgIpc) is 2.69. The van der Waals surface area contributed by atoms with E-state index in [1.54, 1.807) is 11.8 Å². The number of aliphatic hydroxyl groups is 1. The second-order valence-electron chi connectivity index (χ2n) is 5.20. The molecule has 98 valence electrons. The Balaban J connectivity index is 2.04. The lowest BCUT2D eigenvalue weighted by Gasteiger charge is -2.37. The maximum absolute atomic E-state index is 11.9. The number of carbonyl (C=O) groups excluding carboxylic acids is 1. The fraction of sp³-hybridized carbons (Fsp3) is 0.917. The topological polar surface area (TPSA) is 52.6 Å². The first kappa shape index (κ1) is 13.2. The molecular formula is C12H22N2O2S. The zero-order valence-corrected chi connectivity index (χ0v) is 11.3. The number of thioether (sulfide) groups is 1. The Morgan fingerprint density at radius 1 is 1.53 bits per heavy atom. The van der Waals surface area contributed by atoms with Gasteiger partial charge >= 0.3 is 0 Å². The predicted molar refractivity (Wildman–Crippen MR) is 70.1 cm³/mol. The SMILES string of the molecule is CSCC(=O)N1CC(CO)C2(CCNCC2)C1. The highest BCUT2D eigenvalue weighted by Gasteiger charge is 2.47. The maximum Gasteiger partial charge on any atom is 0.232 e. The summed E-state index contributed by atoms with van der Waals surface area (Å²) in [5.41, 5.74) is 0.175. The van der Waals surface area contributed by atoms with Gasteiger partial charge < -0.3 is 15.3 Å². The van der Waals surface area contributed by atoms with Gasteiger partial charge in [0.05, 0.1) is 5.75 Å². The van der Waals surface area contributed by atoms with Crippen LogP contribution in [0.25, 0.3) is 0 Å². The van der Waals surface area contributed by atoms with Gasteiger partial charge in [0.15, 0.2) is 0 Å². The molecule has 4 nitrogen and oxygen atoms in total. The highest BCUT2D eigenvalue weighted by Crippen LogP contribution is 2.43. The third-order valence-corrected chi connectivity index (χ3v) is 4.79. The lowest BCUT2D eigenvalue weighted by molar-refractivity contribution is -0.127. The Labute approximate surface area is 107 Å². The van der Waals surface area contributed by atoms with Gasteiger partial charge in [0.2, 0.25) is 5.91 Å². The van der Waals surface area contributed by atoms with E-state index in [0.29, 0.717) is 5.75 Å². The molecule has 2 rings (SSSR count). The van der Waals surface area contributed by atoms with Crippen molar-refractivity contribution >= 4 is 17.7 Å². The molecule has 1 unspecified atom stereocenters. The summed E-state index contributed by atoms with van der Waals surface area (Å²) in [6.45, 7) is 3.83. The van der Waals surface area contributed by atoms with Crippen LogP contribution in [0.1, 0.15) is 12.8 Å². The van der Waals surface area contributed by atoms with Crippen LogP contribution in [0.15, 0.2) is 0 Å². The molecule has 1 atom stereocenters. The molecule has 0 saturated carbocycles. The van der Waals surface area contributed by atoms with Crippen molar-refractivity contribution in [1.82, 2.24) is 10.2 Å². The van der Waals surface area contributed by atoms with E-state index >= 15 is 0 Å². The molecule has 0 aromatic heterocycles. The minimum atomic E-state index is 0.175. The third kappa shape index (κ3) is 2.61. The fourth-order valence-corrected chi connectivity index (χ4v) is 3.61. The number of carbonyl (C=O) groups is 1. The van der Waals surface area contributed by atoms with Gasteiger partial charge in [-0.1, -0.05) is 0 Å². The molecule has 0 aliphatic carbocycles. The van der Waals surface area contributed by atoms with E-state index in [4.69, 9.17) is 0 Å². The molecule has 1 amide bonds. The Morgan fingerprint density at radius 3 is 2.82 bits per heavy atom. The molecule has 17 heavy (non-hydrogen) atoms. The summed E-state index contributed by atoms with van der Waals surface area (Å²) >= 11 is 1.57. The molecule has 0 bridgehead atoms. The Kier molecular flexibility index (Phi) is 4.33. The first-order valence-corrected chi connectivity index (χ1v) is 7.69. The number of hydrogen-bond acceptors (Lipinski definition) is 4. The average molecular weight is 258 g/mol. The van der Waals surface area contributed by atoms with E-state index < -0.39 is 0 Å². The summed E-state index contributed by atoms with van der Waals surface area (Å²) in [6.07, 6.45) is 4.13. The smallest absolute Gasteiger partial charge is 0.232 e. The number of likely N-dealkylation sites (tertiary alicyclic amines) is 1. The molecule has 0 radical (unpaired) electrons. The molecular weight excluding hydrogens is 236 g/mol. The highest BCUT2D eigenvalue weighted by molar-refractivity contribution is 7.99. The van der Waals surface area contributed by atoms with Crippen LogP contribution in [-0.2, 0) is 4.79 Å². The molecule has 0 aromatic rings. The standard InChI is InChI=1S/C12H22N2O2S/c1-17-8-11(16)14-6-10(7-15)12(9-14)2-4-13-5-3-12/h10,13,15H,2-9H2,1H3. The lowest BCUT2D eigenvalue weighted by Crippen LogP contribution is -2.43. The lowest BCUT2D eigenvalue weighted by atomic mass is 9.71. The van der Waals surface area contributed by atoms with Gasteiger partial charge in [-0.3, -0.25) is 4.79 Å². The van der Waals surface area contributed by atoms with Crippen molar-refractivity contribution < 1.29 is 9.90 Å². The Bertz CT molecular complexity index is 280. The van der Waals surface area contributed by atoms with Crippen molar-refractivity contribution in [2.75, 3.05) is 44.8 Å². The van der Waals surface area contributed by atoms with Crippen LogP contribution in [-0.4, -0.2) is 60.7 Å². The van der Waals surface area contributed by atoms with Crippen molar-refractivity contribution in [3.05, 3.63) is 0 Å². The Hall–Kier alpha value is -0.260. The van der Waals surface area contributed by atoms with Crippen LogP contribution in [0, 0.1) is 11.3 Å². The van der Waals surface area contributed by atoms with Crippen LogP contribution < -0.4 is 5.32 Å². The minimum absolute atomic E-state index is 0.175. The molecule has 2 saturated heterocycles. The summed E-state index contributed by atoms with van der Waals surface area (Å²) in [7, 11) is 0. The zero-order chi connectivity index (χ0) is 12.3. The summed E-state index contributed by atoms with van der Waals surface area (Å²) in [5.74, 6) is 1.06. The van der Waals surface area contributed by atoms with Crippen LogP contribution in [0.5, 0.6) is 0 Å². The van der Waals surface area contributed by atoms with Gasteiger partial charge in [-0.25, -0.2) is 0 Å². The van der Waals surface area contributed by atoms with Crippen LogP contribution in [0.3, 0.4) is 0 Å². The van der Waals surface area contributed by atoms with E-state index in [1.165, 1.54) is 0 Å². The molecule has 5 heteroatoms. The van der Waals surface area contributed by atoms with Crippen LogP contribution >= 0.6 is 11.8 Å². The minimum Gasteiger partial charge on any atom is -0.396 e. The third-order valence-electron chi connectivity index (χ3n) is 4.25. The van der Waals surface area contributed by atoms with E-state index in [1.807, 2.05) is 11.2 Å². The maximum atomic E-state index is 11.9. The van der Waals surface area contributed by atoms with Gasteiger partial charge in [-0.2, -0.15) is 11.8 Å². The van der Waals surface area contributed by atoms with Crippen LogP contribution in [0.2, 0.25) is 0 Å². The summed E-state index contributed by atoms with van der Waals surface area (Å²) in [5, 5.41) is 12.9. The molecule has 2 aliphatic rings. The first-order chi connectivity index (χ1) is 8.22. The molecule has 2 aliphatic heterocycles. The number of amides is 1. The van der Waals surface area contributed by atoms with Crippen LogP contribution in [0.4, 0.5) is 0 Å².